The van der Waals surface area contributed by atoms with E-state index in [2.05, 4.69) is 9.97 Å². The minimum absolute atomic E-state index is 0.263. The Morgan fingerprint density at radius 1 is 1.26 bits per heavy atom. The fraction of sp³-hybridized carbons (Fsp3) is 0.400. The predicted octanol–water partition coefficient (Wildman–Crippen LogP) is 4.31. The van der Waals surface area contributed by atoms with Crippen LogP contribution in [0.1, 0.15) is 24.0 Å². The summed E-state index contributed by atoms with van der Waals surface area (Å²) >= 11 is 7.99. The monoisotopic (exact) mass is 405 g/mol. The van der Waals surface area contributed by atoms with Gasteiger partial charge < -0.3 is 14.4 Å². The summed E-state index contributed by atoms with van der Waals surface area (Å²) in [5.41, 5.74) is 3.89. The molecule has 0 saturated carbocycles. The maximum Gasteiger partial charge on any atom is 0.156 e. The number of aliphatic hydroxyl groups excluding tert-OH is 1. The van der Waals surface area contributed by atoms with E-state index in [0.29, 0.717) is 18.5 Å². The molecular weight excluding hydrogens is 382 g/mol. The highest BCUT2D eigenvalue weighted by atomic mass is 35.5. The van der Waals surface area contributed by atoms with Crippen LogP contribution < -0.4 is 0 Å². The minimum Gasteiger partial charge on any atom is -0.392 e. The molecule has 3 aromatic rings. The molecule has 3 rings (SSSR count). The second kappa shape index (κ2) is 10.1. The first kappa shape index (κ1) is 20.1. The number of halogens is 1. The van der Waals surface area contributed by atoms with Gasteiger partial charge in [0, 0.05) is 11.9 Å². The predicted molar refractivity (Wildman–Crippen MR) is 111 cm³/mol. The van der Waals surface area contributed by atoms with Crippen molar-refractivity contribution in [3.63, 3.8) is 0 Å². The number of rotatable bonds is 10. The maximum atomic E-state index is 9.92. The van der Waals surface area contributed by atoms with E-state index >= 15 is 0 Å². The van der Waals surface area contributed by atoms with E-state index in [-0.39, 0.29) is 6.10 Å². The molecule has 144 valence electrons. The molecule has 1 N–H and O–H groups in total. The van der Waals surface area contributed by atoms with E-state index in [1.807, 2.05) is 47.4 Å². The van der Waals surface area contributed by atoms with Crippen molar-refractivity contribution in [1.82, 2.24) is 14.5 Å². The molecule has 5 nitrogen and oxygen atoms in total. The topological polar surface area (TPSA) is 60.2 Å². The first-order chi connectivity index (χ1) is 13.2. The van der Waals surface area contributed by atoms with Gasteiger partial charge in [0.15, 0.2) is 5.15 Å². The molecule has 1 aromatic carbocycles. The Morgan fingerprint density at radius 3 is 2.85 bits per heavy atom. The highest BCUT2D eigenvalue weighted by molar-refractivity contribution is 7.98. The fourth-order valence-electron chi connectivity index (χ4n) is 3.09. The molecule has 0 bridgehead atoms. The molecule has 0 spiro atoms. The quantitative estimate of drug-likeness (QED) is 0.509. The number of fused-ring (bicyclic) bond motifs is 1. The lowest BCUT2D eigenvalue weighted by atomic mass is 10.1. The Balaban J connectivity index is 1.69. The minimum atomic E-state index is -0.263. The molecule has 0 aliphatic heterocycles. The molecule has 0 amide bonds. The Bertz CT molecular complexity index is 857. The Hall–Kier alpha value is -1.60. The van der Waals surface area contributed by atoms with E-state index in [1.165, 1.54) is 6.33 Å². The largest absolute Gasteiger partial charge is 0.392 e. The van der Waals surface area contributed by atoms with Gasteiger partial charge in [-0.25, -0.2) is 9.97 Å². The van der Waals surface area contributed by atoms with E-state index < -0.39 is 0 Å². The van der Waals surface area contributed by atoms with Crippen molar-refractivity contribution in [1.29, 1.82) is 0 Å². The van der Waals surface area contributed by atoms with Crippen molar-refractivity contribution >= 4 is 34.4 Å². The molecule has 2 aromatic heterocycles. The normalized spacial score (nSPS) is 12.6. The lowest BCUT2D eigenvalue weighted by Gasteiger charge is -2.08. The van der Waals surface area contributed by atoms with Crippen LogP contribution in [-0.4, -0.2) is 37.8 Å². The second-order valence-electron chi connectivity index (χ2n) is 6.45. The van der Waals surface area contributed by atoms with Crippen LogP contribution in [0.5, 0.6) is 0 Å². The number of benzene rings is 1. The third kappa shape index (κ3) is 5.45. The zero-order chi connectivity index (χ0) is 19.1. The van der Waals surface area contributed by atoms with Crippen LogP contribution in [0.3, 0.4) is 0 Å². The second-order valence-corrected chi connectivity index (χ2v) is 7.72. The van der Waals surface area contributed by atoms with Gasteiger partial charge in [-0.3, -0.25) is 0 Å². The molecule has 1 atom stereocenters. The summed E-state index contributed by atoms with van der Waals surface area (Å²) in [4.78, 5) is 8.54. The van der Waals surface area contributed by atoms with Crippen LogP contribution in [0.25, 0.3) is 11.0 Å². The van der Waals surface area contributed by atoms with Gasteiger partial charge in [0.25, 0.3) is 0 Å². The van der Waals surface area contributed by atoms with Gasteiger partial charge in [-0.1, -0.05) is 41.9 Å². The summed E-state index contributed by atoms with van der Waals surface area (Å²) < 4.78 is 7.83. The van der Waals surface area contributed by atoms with Gasteiger partial charge in [-0.15, -0.1) is 0 Å². The number of aromatic nitrogens is 3. The summed E-state index contributed by atoms with van der Waals surface area (Å²) in [6.07, 6.45) is 7.78. The Kier molecular flexibility index (Phi) is 7.52. The van der Waals surface area contributed by atoms with Crippen LogP contribution in [0.4, 0.5) is 0 Å². The van der Waals surface area contributed by atoms with Crippen LogP contribution in [0.2, 0.25) is 5.15 Å². The number of nitrogens with zero attached hydrogens (tertiary/aromatic N) is 3. The number of aryl methyl sites for hydroxylation is 1. The summed E-state index contributed by atoms with van der Waals surface area (Å²) in [5, 5.41) is 10.3. The Labute approximate surface area is 168 Å². The zero-order valence-electron chi connectivity index (χ0n) is 15.3. The summed E-state index contributed by atoms with van der Waals surface area (Å²) in [7, 11) is 0. The third-order valence-electron chi connectivity index (χ3n) is 4.37. The van der Waals surface area contributed by atoms with E-state index in [1.54, 1.807) is 11.8 Å². The molecule has 0 radical (unpaired) electrons. The van der Waals surface area contributed by atoms with Crippen molar-refractivity contribution in [2.75, 3.05) is 12.0 Å². The lowest BCUT2D eigenvalue weighted by Crippen LogP contribution is -2.09. The van der Waals surface area contributed by atoms with Gasteiger partial charge in [-0.05, 0) is 36.6 Å². The Morgan fingerprint density at radius 2 is 2.07 bits per heavy atom. The van der Waals surface area contributed by atoms with Crippen LogP contribution in [0.15, 0.2) is 42.9 Å². The molecule has 0 aliphatic rings. The number of ether oxygens (including phenoxy) is 1. The van der Waals surface area contributed by atoms with Crippen LogP contribution in [0, 0.1) is 0 Å². The van der Waals surface area contributed by atoms with Crippen LogP contribution >= 0.6 is 23.4 Å². The molecule has 0 aliphatic carbocycles. The molecule has 0 fully saturated rings. The van der Waals surface area contributed by atoms with Gasteiger partial charge in [-0.2, -0.15) is 11.8 Å². The molecule has 27 heavy (non-hydrogen) atoms. The van der Waals surface area contributed by atoms with Crippen molar-refractivity contribution in [2.24, 2.45) is 0 Å². The molecule has 2 heterocycles. The highest BCUT2D eigenvalue weighted by Gasteiger charge is 2.14. The first-order valence-corrected chi connectivity index (χ1v) is 10.7. The number of thioether (sulfide) groups is 1. The molecule has 0 saturated heterocycles. The van der Waals surface area contributed by atoms with Gasteiger partial charge in [0.05, 0.1) is 18.2 Å². The van der Waals surface area contributed by atoms with Crippen molar-refractivity contribution in [2.45, 2.75) is 38.7 Å². The lowest BCUT2D eigenvalue weighted by molar-refractivity contribution is 0.0667. The van der Waals surface area contributed by atoms with Gasteiger partial charge in [0.1, 0.15) is 18.6 Å². The van der Waals surface area contributed by atoms with Gasteiger partial charge >= 0.3 is 0 Å². The third-order valence-corrected chi connectivity index (χ3v) is 5.36. The average Bonchev–Trinajstić information content (AvgIpc) is 3.02. The number of aliphatic hydroxyl groups is 1. The standard InChI is InChI=1S/C20H24ClN3O2S/c1-27-12-17(25)9-5-8-16-10-24(19-18(16)22-13-23-20(19)21)14-26-11-15-6-3-2-4-7-15/h2-4,6-7,10,13,17,25H,5,8-9,11-12,14H2,1H3/t17-/m0/s1. The number of hydrogen-bond donors (Lipinski definition) is 1. The maximum absolute atomic E-state index is 9.92. The number of hydrogen-bond acceptors (Lipinski definition) is 5. The average molecular weight is 406 g/mol. The van der Waals surface area contributed by atoms with Gasteiger partial charge in [0.2, 0.25) is 0 Å². The smallest absolute Gasteiger partial charge is 0.156 e. The molecular formula is C20H24ClN3O2S. The summed E-state index contributed by atoms with van der Waals surface area (Å²) in [6, 6.07) is 10.1. The summed E-state index contributed by atoms with van der Waals surface area (Å²) in [6.45, 7) is 0.912. The SMILES string of the molecule is CSC[C@@H](O)CCCc1cn(COCc2ccccc2)c2c(Cl)ncnc12. The fourth-order valence-corrected chi connectivity index (χ4v) is 3.88. The zero-order valence-corrected chi connectivity index (χ0v) is 16.9. The van der Waals surface area contributed by atoms with Crippen LogP contribution in [-0.2, 0) is 24.5 Å². The first-order valence-electron chi connectivity index (χ1n) is 8.96. The van der Waals surface area contributed by atoms with E-state index in [0.717, 1.165) is 47.2 Å². The van der Waals surface area contributed by atoms with Crippen molar-refractivity contribution in [3.8, 4) is 0 Å². The summed E-state index contributed by atoms with van der Waals surface area (Å²) in [5.74, 6) is 0.767. The molecule has 0 unspecified atom stereocenters. The van der Waals surface area contributed by atoms with E-state index in [9.17, 15) is 5.11 Å². The van der Waals surface area contributed by atoms with Crippen molar-refractivity contribution < 1.29 is 9.84 Å². The van der Waals surface area contributed by atoms with E-state index in [4.69, 9.17) is 16.3 Å². The highest BCUT2D eigenvalue weighted by Crippen LogP contribution is 2.26. The molecule has 7 heteroatoms. The van der Waals surface area contributed by atoms with Crippen molar-refractivity contribution in [3.05, 3.63) is 59.1 Å².